The number of hydrogen-bond donors (Lipinski definition) is 1. The van der Waals surface area contributed by atoms with Crippen molar-refractivity contribution in [2.24, 2.45) is 0 Å². The third-order valence-electron chi connectivity index (χ3n) is 5.63. The fraction of sp³-hybridized carbons (Fsp3) is 0.167. The lowest BCUT2D eigenvalue weighted by atomic mass is 10.0. The molecule has 5 rings (SSSR count). The third kappa shape index (κ3) is 3.08. The SMILES string of the molecule is CCN1C(=S)N[C@@H](c2ccccn2)[C@@H]1c1cccn1-c1ccc2ccccc2c1. The molecule has 2 aromatic heterocycles. The monoisotopic (exact) mass is 398 g/mol. The van der Waals surface area contributed by atoms with E-state index in [-0.39, 0.29) is 12.1 Å². The highest BCUT2D eigenvalue weighted by Crippen LogP contribution is 2.39. The lowest BCUT2D eigenvalue weighted by Gasteiger charge is -2.28. The van der Waals surface area contributed by atoms with Crippen LogP contribution in [0.25, 0.3) is 16.5 Å². The van der Waals surface area contributed by atoms with Gasteiger partial charge in [0.05, 0.1) is 17.8 Å². The summed E-state index contributed by atoms with van der Waals surface area (Å²) in [6.45, 7) is 2.98. The molecule has 5 heteroatoms. The van der Waals surface area contributed by atoms with Gasteiger partial charge in [-0.2, -0.15) is 0 Å². The van der Waals surface area contributed by atoms with E-state index in [0.29, 0.717) is 0 Å². The Kier molecular flexibility index (Phi) is 4.52. The molecule has 0 unspecified atom stereocenters. The molecule has 0 bridgehead atoms. The Hall–Kier alpha value is -3.18. The Labute approximate surface area is 175 Å². The molecule has 4 aromatic rings. The van der Waals surface area contributed by atoms with Gasteiger partial charge in [0.15, 0.2) is 5.11 Å². The number of rotatable bonds is 4. The molecule has 1 saturated heterocycles. The van der Waals surface area contributed by atoms with Crippen LogP contribution in [0.2, 0.25) is 0 Å². The molecular formula is C24H22N4S. The molecular weight excluding hydrogens is 376 g/mol. The van der Waals surface area contributed by atoms with E-state index in [4.69, 9.17) is 12.2 Å². The highest BCUT2D eigenvalue weighted by Gasteiger charge is 2.40. The molecule has 1 aliphatic heterocycles. The van der Waals surface area contributed by atoms with E-state index in [1.165, 1.54) is 16.5 Å². The second-order valence-electron chi connectivity index (χ2n) is 7.25. The number of thiocarbonyl (C=S) groups is 1. The zero-order valence-corrected chi connectivity index (χ0v) is 17.0. The topological polar surface area (TPSA) is 33.1 Å². The van der Waals surface area contributed by atoms with Crippen molar-refractivity contribution in [3.8, 4) is 5.69 Å². The predicted octanol–water partition coefficient (Wildman–Crippen LogP) is 5.02. The smallest absolute Gasteiger partial charge is 0.170 e. The average molecular weight is 399 g/mol. The molecule has 2 aromatic carbocycles. The number of nitrogens with zero attached hydrogens (tertiary/aromatic N) is 3. The zero-order valence-electron chi connectivity index (χ0n) is 16.2. The maximum Gasteiger partial charge on any atom is 0.170 e. The van der Waals surface area contributed by atoms with Crippen LogP contribution < -0.4 is 5.32 Å². The Morgan fingerprint density at radius 1 is 0.966 bits per heavy atom. The van der Waals surface area contributed by atoms with E-state index >= 15 is 0 Å². The summed E-state index contributed by atoms with van der Waals surface area (Å²) >= 11 is 5.67. The summed E-state index contributed by atoms with van der Waals surface area (Å²) < 4.78 is 2.27. The van der Waals surface area contributed by atoms with E-state index in [0.717, 1.165) is 23.0 Å². The number of fused-ring (bicyclic) bond motifs is 1. The molecule has 4 nitrogen and oxygen atoms in total. The Morgan fingerprint density at radius 3 is 2.59 bits per heavy atom. The number of benzene rings is 2. The van der Waals surface area contributed by atoms with E-state index < -0.39 is 0 Å². The normalized spacial score (nSPS) is 18.9. The molecule has 1 aliphatic rings. The number of pyridine rings is 1. The minimum absolute atomic E-state index is 0.0118. The Balaban J connectivity index is 1.62. The van der Waals surface area contributed by atoms with Crippen LogP contribution in [0.15, 0.2) is 85.2 Å². The molecule has 144 valence electrons. The first-order valence-electron chi connectivity index (χ1n) is 9.91. The summed E-state index contributed by atoms with van der Waals surface area (Å²) in [6.07, 6.45) is 3.97. The van der Waals surface area contributed by atoms with Gasteiger partial charge in [-0.15, -0.1) is 0 Å². The third-order valence-corrected chi connectivity index (χ3v) is 5.99. The summed E-state index contributed by atoms with van der Waals surface area (Å²) in [6, 6.07) is 25.5. The minimum Gasteiger partial charge on any atom is -0.352 e. The van der Waals surface area contributed by atoms with Gasteiger partial charge in [-0.25, -0.2) is 0 Å². The van der Waals surface area contributed by atoms with Crippen molar-refractivity contribution in [2.45, 2.75) is 19.0 Å². The van der Waals surface area contributed by atoms with Crippen molar-refractivity contribution in [3.05, 3.63) is 96.6 Å². The van der Waals surface area contributed by atoms with Gasteiger partial charge in [0.2, 0.25) is 0 Å². The Morgan fingerprint density at radius 2 is 1.79 bits per heavy atom. The molecule has 0 spiro atoms. The van der Waals surface area contributed by atoms with Crippen molar-refractivity contribution in [1.29, 1.82) is 0 Å². The van der Waals surface area contributed by atoms with Gasteiger partial charge >= 0.3 is 0 Å². The fourth-order valence-electron chi connectivity index (χ4n) is 4.26. The summed E-state index contributed by atoms with van der Waals surface area (Å²) in [5.74, 6) is 0. The standard InChI is InChI=1S/C24H22N4S/c1-2-27-23(22(26-24(27)29)20-10-5-6-14-25-20)21-11-7-15-28(21)19-13-12-17-8-3-4-9-18(17)16-19/h3-16,22-23H,2H2,1H3,(H,26,29)/t22-,23-/m0/s1. The zero-order chi connectivity index (χ0) is 19.8. The highest BCUT2D eigenvalue weighted by molar-refractivity contribution is 7.80. The van der Waals surface area contributed by atoms with Gasteiger partial charge in [-0.05, 0) is 66.3 Å². The second kappa shape index (κ2) is 7.33. The van der Waals surface area contributed by atoms with Gasteiger partial charge < -0.3 is 14.8 Å². The summed E-state index contributed by atoms with van der Waals surface area (Å²) in [7, 11) is 0. The van der Waals surface area contributed by atoms with Gasteiger partial charge in [-0.1, -0.05) is 36.4 Å². The summed E-state index contributed by atoms with van der Waals surface area (Å²) in [5.41, 5.74) is 3.35. The first-order chi connectivity index (χ1) is 14.3. The van der Waals surface area contributed by atoms with Crippen molar-refractivity contribution >= 4 is 28.1 Å². The molecule has 1 fully saturated rings. The molecule has 3 heterocycles. The van der Waals surface area contributed by atoms with E-state index in [1.807, 2.05) is 18.3 Å². The van der Waals surface area contributed by atoms with Gasteiger partial charge in [0, 0.05) is 30.3 Å². The lowest BCUT2D eigenvalue weighted by molar-refractivity contribution is 0.321. The predicted molar refractivity (Wildman–Crippen MR) is 121 cm³/mol. The average Bonchev–Trinajstić information content (AvgIpc) is 3.37. The number of nitrogens with one attached hydrogen (secondary N) is 1. The van der Waals surface area contributed by atoms with Crippen molar-refractivity contribution in [3.63, 3.8) is 0 Å². The van der Waals surface area contributed by atoms with Gasteiger partial charge in [-0.3, -0.25) is 4.98 Å². The number of hydrogen-bond acceptors (Lipinski definition) is 2. The van der Waals surface area contributed by atoms with E-state index in [1.54, 1.807) is 0 Å². The van der Waals surface area contributed by atoms with Crippen molar-refractivity contribution in [2.75, 3.05) is 6.54 Å². The number of aromatic nitrogens is 2. The molecule has 0 aliphatic carbocycles. The first kappa shape index (κ1) is 17.9. The van der Waals surface area contributed by atoms with Crippen LogP contribution in [0.1, 0.15) is 30.4 Å². The summed E-state index contributed by atoms with van der Waals surface area (Å²) in [5, 5.41) is 6.76. The Bertz CT molecular complexity index is 1170. The molecule has 0 radical (unpaired) electrons. The molecule has 0 amide bonds. The minimum atomic E-state index is 0.0118. The lowest BCUT2D eigenvalue weighted by Crippen LogP contribution is -2.30. The molecule has 1 N–H and O–H groups in total. The van der Waals surface area contributed by atoms with Crippen LogP contribution in [0.3, 0.4) is 0 Å². The highest BCUT2D eigenvalue weighted by atomic mass is 32.1. The van der Waals surface area contributed by atoms with Crippen LogP contribution in [-0.2, 0) is 0 Å². The maximum absolute atomic E-state index is 5.67. The molecule has 2 atom stereocenters. The van der Waals surface area contributed by atoms with Crippen molar-refractivity contribution < 1.29 is 0 Å². The quantitative estimate of drug-likeness (QED) is 0.490. The van der Waals surface area contributed by atoms with Crippen LogP contribution in [0, 0.1) is 0 Å². The van der Waals surface area contributed by atoms with Crippen LogP contribution >= 0.6 is 12.2 Å². The van der Waals surface area contributed by atoms with Crippen LogP contribution in [-0.4, -0.2) is 26.1 Å². The van der Waals surface area contributed by atoms with E-state index in [2.05, 4.69) is 93.6 Å². The van der Waals surface area contributed by atoms with Crippen LogP contribution in [0.5, 0.6) is 0 Å². The fourth-order valence-corrected chi connectivity index (χ4v) is 4.63. The second-order valence-corrected chi connectivity index (χ2v) is 7.63. The summed E-state index contributed by atoms with van der Waals surface area (Å²) in [4.78, 5) is 6.86. The molecule has 0 saturated carbocycles. The van der Waals surface area contributed by atoms with Gasteiger partial charge in [0.25, 0.3) is 0 Å². The van der Waals surface area contributed by atoms with Crippen molar-refractivity contribution in [1.82, 2.24) is 19.8 Å². The largest absolute Gasteiger partial charge is 0.352 e. The van der Waals surface area contributed by atoms with Crippen LogP contribution in [0.4, 0.5) is 0 Å². The van der Waals surface area contributed by atoms with Gasteiger partial charge in [0.1, 0.15) is 0 Å². The maximum atomic E-state index is 5.67. The number of likely N-dealkylation sites (N-methyl/N-ethyl adjacent to an activating group) is 1. The molecule has 29 heavy (non-hydrogen) atoms. The van der Waals surface area contributed by atoms with E-state index in [9.17, 15) is 0 Å². The first-order valence-corrected chi connectivity index (χ1v) is 10.3.